The van der Waals surface area contributed by atoms with Crippen LogP contribution in [0.3, 0.4) is 0 Å². The van der Waals surface area contributed by atoms with Gasteiger partial charge >= 0.3 is 5.97 Å². The fraction of sp³-hybridized carbons (Fsp3) is 0.875. The smallest absolute Gasteiger partial charge is 0.305 e. The average molecular weight is 157 g/mol. The van der Waals surface area contributed by atoms with Crippen LogP contribution in [0.4, 0.5) is 0 Å². The molecular weight excluding hydrogens is 142 g/mol. The number of carboxylic acids is 1. The number of rotatable bonds is 3. The van der Waals surface area contributed by atoms with Gasteiger partial charge in [-0.15, -0.1) is 0 Å². The van der Waals surface area contributed by atoms with Crippen LogP contribution in [0.2, 0.25) is 0 Å². The number of hydrogen-bond donors (Lipinski definition) is 2. The third kappa shape index (κ3) is 1.93. The lowest BCUT2D eigenvalue weighted by atomic mass is 9.66. The van der Waals surface area contributed by atoms with Crippen molar-refractivity contribution in [2.45, 2.75) is 38.1 Å². The lowest BCUT2D eigenvalue weighted by molar-refractivity contribution is -0.139. The summed E-state index contributed by atoms with van der Waals surface area (Å²) >= 11 is 0. The molecule has 0 atom stereocenters. The maximum Gasteiger partial charge on any atom is 0.305 e. The number of aliphatic carboxylic acids is 1. The van der Waals surface area contributed by atoms with Crippen molar-refractivity contribution in [1.82, 2.24) is 0 Å². The molecule has 1 aliphatic carbocycles. The molecule has 64 valence electrons. The highest BCUT2D eigenvalue weighted by atomic mass is 16.4. The topological polar surface area (TPSA) is 63.3 Å². The van der Waals surface area contributed by atoms with Gasteiger partial charge in [-0.2, -0.15) is 0 Å². The van der Waals surface area contributed by atoms with Gasteiger partial charge in [0.2, 0.25) is 0 Å². The second kappa shape index (κ2) is 2.81. The molecule has 0 aromatic heterocycles. The van der Waals surface area contributed by atoms with Gasteiger partial charge in [-0.25, -0.2) is 0 Å². The molecule has 0 radical (unpaired) electrons. The second-order valence-electron chi connectivity index (χ2n) is 3.62. The van der Waals surface area contributed by atoms with Gasteiger partial charge in [0, 0.05) is 5.54 Å². The molecule has 3 heteroatoms. The van der Waals surface area contributed by atoms with Crippen molar-refractivity contribution in [2.75, 3.05) is 0 Å². The minimum atomic E-state index is -0.776. The van der Waals surface area contributed by atoms with E-state index in [1.165, 1.54) is 0 Å². The van der Waals surface area contributed by atoms with Crippen LogP contribution in [0.25, 0.3) is 0 Å². The van der Waals surface area contributed by atoms with Crippen LogP contribution in [0.1, 0.15) is 32.6 Å². The summed E-state index contributed by atoms with van der Waals surface area (Å²) in [6.45, 7) is 2.12. The molecule has 3 nitrogen and oxygen atoms in total. The van der Waals surface area contributed by atoms with E-state index in [0.29, 0.717) is 5.92 Å². The molecule has 0 bridgehead atoms. The van der Waals surface area contributed by atoms with Gasteiger partial charge in [0.05, 0.1) is 6.42 Å². The summed E-state index contributed by atoms with van der Waals surface area (Å²) in [5, 5.41) is 8.49. The van der Waals surface area contributed by atoms with Crippen molar-refractivity contribution in [3.8, 4) is 0 Å². The summed E-state index contributed by atoms with van der Waals surface area (Å²) in [4.78, 5) is 10.3. The minimum Gasteiger partial charge on any atom is -0.481 e. The zero-order chi connectivity index (χ0) is 8.48. The molecule has 1 rings (SSSR count). The lowest BCUT2D eigenvalue weighted by Gasteiger charge is -2.43. The largest absolute Gasteiger partial charge is 0.481 e. The first-order valence-electron chi connectivity index (χ1n) is 4.06. The Labute approximate surface area is 66.6 Å². The maximum atomic E-state index is 10.3. The third-order valence-electron chi connectivity index (χ3n) is 2.47. The summed E-state index contributed by atoms with van der Waals surface area (Å²) in [6, 6.07) is 0. The van der Waals surface area contributed by atoms with Crippen LogP contribution in [-0.4, -0.2) is 16.6 Å². The molecule has 1 saturated carbocycles. The summed E-state index contributed by atoms with van der Waals surface area (Å²) < 4.78 is 0. The van der Waals surface area contributed by atoms with Gasteiger partial charge in [-0.05, 0) is 18.8 Å². The maximum absolute atomic E-state index is 10.3. The van der Waals surface area contributed by atoms with Crippen molar-refractivity contribution >= 4 is 5.97 Å². The van der Waals surface area contributed by atoms with E-state index in [2.05, 4.69) is 6.92 Å². The molecule has 0 aromatic carbocycles. The molecule has 1 aliphatic rings. The highest BCUT2D eigenvalue weighted by Crippen LogP contribution is 2.39. The van der Waals surface area contributed by atoms with E-state index in [1.807, 2.05) is 0 Å². The molecule has 0 spiro atoms. The highest BCUT2D eigenvalue weighted by molar-refractivity contribution is 5.68. The number of carboxylic acid groups (broad SMARTS) is 1. The van der Waals surface area contributed by atoms with E-state index in [1.54, 1.807) is 0 Å². The van der Waals surface area contributed by atoms with E-state index < -0.39 is 5.97 Å². The quantitative estimate of drug-likeness (QED) is 0.641. The van der Waals surface area contributed by atoms with Crippen molar-refractivity contribution in [1.29, 1.82) is 0 Å². The molecule has 0 unspecified atom stereocenters. The first-order chi connectivity index (χ1) is 5.06. The summed E-state index contributed by atoms with van der Waals surface area (Å²) in [5.74, 6) is -0.110. The molecule has 11 heavy (non-hydrogen) atoms. The Morgan fingerprint density at radius 1 is 1.73 bits per heavy atom. The van der Waals surface area contributed by atoms with Gasteiger partial charge in [-0.3, -0.25) is 4.79 Å². The first kappa shape index (κ1) is 8.53. The van der Waals surface area contributed by atoms with Crippen LogP contribution >= 0.6 is 0 Å². The Morgan fingerprint density at radius 3 is 2.64 bits per heavy atom. The van der Waals surface area contributed by atoms with Crippen molar-refractivity contribution in [2.24, 2.45) is 11.7 Å². The fourth-order valence-electron chi connectivity index (χ4n) is 1.82. The van der Waals surface area contributed by atoms with Gasteiger partial charge in [-0.1, -0.05) is 13.3 Å². The van der Waals surface area contributed by atoms with Gasteiger partial charge < -0.3 is 10.8 Å². The van der Waals surface area contributed by atoms with Crippen LogP contribution in [0, 0.1) is 5.92 Å². The first-order valence-corrected chi connectivity index (χ1v) is 4.06. The van der Waals surface area contributed by atoms with E-state index in [-0.39, 0.29) is 12.0 Å². The number of nitrogens with two attached hydrogens (primary N) is 1. The Balaban J connectivity index is 2.31. The zero-order valence-electron chi connectivity index (χ0n) is 6.84. The molecule has 0 aliphatic heterocycles. The van der Waals surface area contributed by atoms with E-state index in [4.69, 9.17) is 10.8 Å². The van der Waals surface area contributed by atoms with Crippen molar-refractivity contribution < 1.29 is 9.90 Å². The average Bonchev–Trinajstić information content (AvgIpc) is 1.80. The molecule has 0 heterocycles. The SMILES string of the molecule is CCC1CC(N)(CC(=O)O)C1. The minimum absolute atomic E-state index is 0.128. The number of hydrogen-bond acceptors (Lipinski definition) is 2. The Bertz CT molecular complexity index is 161. The molecule has 0 saturated heterocycles. The Kier molecular flexibility index (Phi) is 2.18. The molecule has 3 N–H and O–H groups in total. The zero-order valence-corrected chi connectivity index (χ0v) is 6.84. The summed E-state index contributed by atoms with van der Waals surface area (Å²) in [7, 11) is 0. The molecule has 1 fully saturated rings. The van der Waals surface area contributed by atoms with E-state index >= 15 is 0 Å². The highest BCUT2D eigenvalue weighted by Gasteiger charge is 2.41. The van der Waals surface area contributed by atoms with Crippen LogP contribution in [-0.2, 0) is 4.79 Å². The lowest BCUT2D eigenvalue weighted by Crippen LogP contribution is -2.52. The standard InChI is InChI=1S/C8H15NO2/c1-2-6-3-8(9,4-6)5-7(10)11/h6H,2-5,9H2,1H3,(H,10,11). The van der Waals surface area contributed by atoms with Gasteiger partial charge in [0.1, 0.15) is 0 Å². The third-order valence-corrected chi connectivity index (χ3v) is 2.47. The summed E-state index contributed by atoms with van der Waals surface area (Å²) in [6.07, 6.45) is 3.02. The molecule has 0 amide bonds. The second-order valence-corrected chi connectivity index (χ2v) is 3.62. The van der Waals surface area contributed by atoms with E-state index in [9.17, 15) is 4.79 Å². The van der Waals surface area contributed by atoms with Crippen LogP contribution < -0.4 is 5.73 Å². The van der Waals surface area contributed by atoms with Crippen LogP contribution in [0.15, 0.2) is 0 Å². The van der Waals surface area contributed by atoms with E-state index in [0.717, 1.165) is 19.3 Å². The van der Waals surface area contributed by atoms with Gasteiger partial charge in [0.25, 0.3) is 0 Å². The number of carbonyl (C=O) groups is 1. The van der Waals surface area contributed by atoms with Crippen molar-refractivity contribution in [3.05, 3.63) is 0 Å². The molecule has 0 aromatic rings. The fourth-order valence-corrected chi connectivity index (χ4v) is 1.82. The van der Waals surface area contributed by atoms with Gasteiger partial charge in [0.15, 0.2) is 0 Å². The Hall–Kier alpha value is -0.570. The molecular formula is C8H15NO2. The predicted molar refractivity (Wildman–Crippen MR) is 42.2 cm³/mol. The van der Waals surface area contributed by atoms with Crippen molar-refractivity contribution in [3.63, 3.8) is 0 Å². The Morgan fingerprint density at radius 2 is 2.27 bits per heavy atom. The van der Waals surface area contributed by atoms with Crippen LogP contribution in [0.5, 0.6) is 0 Å². The normalized spacial score (nSPS) is 36.4. The summed E-state index contributed by atoms with van der Waals surface area (Å²) in [5.41, 5.74) is 5.41. The monoisotopic (exact) mass is 157 g/mol. The predicted octanol–water partition coefficient (Wildman–Crippen LogP) is 0.979.